The lowest BCUT2D eigenvalue weighted by Gasteiger charge is -2.31. The van der Waals surface area contributed by atoms with Crippen molar-refractivity contribution in [1.82, 2.24) is 4.90 Å². The van der Waals surface area contributed by atoms with Crippen molar-refractivity contribution in [2.75, 3.05) is 13.1 Å². The quantitative estimate of drug-likeness (QED) is 0.751. The van der Waals surface area contributed by atoms with Gasteiger partial charge in [-0.2, -0.15) is 0 Å². The van der Waals surface area contributed by atoms with E-state index in [2.05, 4.69) is 4.90 Å². The Morgan fingerprint density at radius 2 is 2.07 bits per heavy atom. The minimum atomic E-state index is 0.373. The van der Waals surface area contributed by atoms with Crippen molar-refractivity contribution >= 4 is 5.91 Å². The monoisotopic (exact) mass is 210 g/mol. The fraction of sp³-hybridized carbons (Fsp3) is 0.917. The SMILES string of the molecule is NCC1CCCC1N1CCCCCC1=O. The summed E-state index contributed by atoms with van der Waals surface area (Å²) in [4.78, 5) is 14.1. The van der Waals surface area contributed by atoms with E-state index in [1.807, 2.05) is 0 Å². The van der Waals surface area contributed by atoms with Crippen LogP contribution in [-0.2, 0) is 4.79 Å². The molecule has 2 unspecified atom stereocenters. The van der Waals surface area contributed by atoms with Gasteiger partial charge >= 0.3 is 0 Å². The van der Waals surface area contributed by atoms with E-state index in [0.717, 1.165) is 25.9 Å². The van der Waals surface area contributed by atoms with Gasteiger partial charge in [-0.15, -0.1) is 0 Å². The highest BCUT2D eigenvalue weighted by molar-refractivity contribution is 5.76. The van der Waals surface area contributed by atoms with E-state index in [1.165, 1.54) is 32.1 Å². The summed E-state index contributed by atoms with van der Waals surface area (Å²) in [6.45, 7) is 1.72. The zero-order valence-electron chi connectivity index (χ0n) is 9.45. The van der Waals surface area contributed by atoms with Crippen molar-refractivity contribution < 1.29 is 4.79 Å². The molecule has 2 aliphatic rings. The summed E-state index contributed by atoms with van der Waals surface area (Å²) in [5.41, 5.74) is 5.78. The molecule has 2 fully saturated rings. The standard InChI is InChI=1S/C12H22N2O/c13-9-10-5-4-6-11(10)14-8-3-1-2-7-12(14)15/h10-11H,1-9,13H2. The van der Waals surface area contributed by atoms with E-state index in [4.69, 9.17) is 5.73 Å². The van der Waals surface area contributed by atoms with Gasteiger partial charge in [-0.05, 0) is 38.1 Å². The molecule has 1 saturated carbocycles. The Balaban J connectivity index is 2.03. The first-order valence-electron chi connectivity index (χ1n) is 6.32. The molecular formula is C12H22N2O. The summed E-state index contributed by atoms with van der Waals surface area (Å²) in [5, 5.41) is 0. The fourth-order valence-corrected chi connectivity index (χ4v) is 3.06. The average Bonchev–Trinajstić information content (AvgIpc) is 2.61. The van der Waals surface area contributed by atoms with E-state index >= 15 is 0 Å². The van der Waals surface area contributed by atoms with Crippen molar-refractivity contribution in [3.05, 3.63) is 0 Å². The van der Waals surface area contributed by atoms with Crippen molar-refractivity contribution in [2.24, 2.45) is 11.7 Å². The Labute approximate surface area is 92.0 Å². The van der Waals surface area contributed by atoms with Gasteiger partial charge in [0.15, 0.2) is 0 Å². The van der Waals surface area contributed by atoms with Crippen LogP contribution in [0.15, 0.2) is 0 Å². The molecule has 1 amide bonds. The van der Waals surface area contributed by atoms with E-state index in [9.17, 15) is 4.79 Å². The number of likely N-dealkylation sites (tertiary alicyclic amines) is 1. The largest absolute Gasteiger partial charge is 0.339 e. The van der Waals surface area contributed by atoms with Crippen molar-refractivity contribution in [3.8, 4) is 0 Å². The van der Waals surface area contributed by atoms with Crippen molar-refractivity contribution in [1.29, 1.82) is 0 Å². The van der Waals surface area contributed by atoms with Crippen molar-refractivity contribution in [3.63, 3.8) is 0 Å². The molecular weight excluding hydrogens is 188 g/mol. The van der Waals surface area contributed by atoms with Gasteiger partial charge in [-0.3, -0.25) is 4.79 Å². The number of amides is 1. The first-order valence-corrected chi connectivity index (χ1v) is 6.32. The molecule has 0 aromatic rings. The summed E-state index contributed by atoms with van der Waals surface area (Å²) >= 11 is 0. The molecule has 1 saturated heterocycles. The Morgan fingerprint density at radius 1 is 1.20 bits per heavy atom. The zero-order valence-corrected chi connectivity index (χ0v) is 9.45. The van der Waals surface area contributed by atoms with Gasteiger partial charge in [0.2, 0.25) is 5.91 Å². The molecule has 1 aliphatic carbocycles. The third kappa shape index (κ3) is 2.33. The topological polar surface area (TPSA) is 46.3 Å². The van der Waals surface area contributed by atoms with Gasteiger partial charge in [-0.1, -0.05) is 12.8 Å². The lowest BCUT2D eigenvalue weighted by Crippen LogP contribution is -2.43. The molecule has 0 radical (unpaired) electrons. The number of nitrogens with two attached hydrogens (primary N) is 1. The van der Waals surface area contributed by atoms with Crippen LogP contribution in [0.25, 0.3) is 0 Å². The summed E-state index contributed by atoms with van der Waals surface area (Å²) < 4.78 is 0. The molecule has 86 valence electrons. The Morgan fingerprint density at radius 3 is 2.87 bits per heavy atom. The van der Waals surface area contributed by atoms with Crippen LogP contribution >= 0.6 is 0 Å². The third-order valence-electron chi connectivity index (χ3n) is 3.93. The molecule has 1 aliphatic heterocycles. The Kier molecular flexibility index (Phi) is 3.62. The molecule has 0 spiro atoms. The minimum Gasteiger partial charge on any atom is -0.339 e. The predicted octanol–water partition coefficient (Wildman–Crippen LogP) is 1.52. The van der Waals surface area contributed by atoms with Gasteiger partial charge in [0.05, 0.1) is 0 Å². The first-order chi connectivity index (χ1) is 7.33. The Bertz CT molecular complexity index is 230. The van der Waals surface area contributed by atoms with Crippen LogP contribution in [0, 0.1) is 5.92 Å². The molecule has 0 aromatic heterocycles. The van der Waals surface area contributed by atoms with Gasteiger partial charge < -0.3 is 10.6 Å². The summed E-state index contributed by atoms with van der Waals surface area (Å²) in [6.07, 6.45) is 7.86. The van der Waals surface area contributed by atoms with Crippen LogP contribution < -0.4 is 5.73 Å². The summed E-state index contributed by atoms with van der Waals surface area (Å²) in [7, 11) is 0. The van der Waals surface area contributed by atoms with Crippen molar-refractivity contribution in [2.45, 2.75) is 51.0 Å². The van der Waals surface area contributed by atoms with Gasteiger partial charge in [0, 0.05) is 19.0 Å². The summed E-state index contributed by atoms with van der Waals surface area (Å²) in [5.74, 6) is 0.935. The van der Waals surface area contributed by atoms with Crippen LogP contribution in [0.5, 0.6) is 0 Å². The highest BCUT2D eigenvalue weighted by atomic mass is 16.2. The number of carbonyl (C=O) groups is 1. The maximum atomic E-state index is 11.9. The van der Waals surface area contributed by atoms with Gasteiger partial charge in [-0.25, -0.2) is 0 Å². The van der Waals surface area contributed by atoms with E-state index < -0.39 is 0 Å². The fourth-order valence-electron chi connectivity index (χ4n) is 3.06. The predicted molar refractivity (Wildman–Crippen MR) is 60.4 cm³/mol. The minimum absolute atomic E-state index is 0.373. The molecule has 15 heavy (non-hydrogen) atoms. The molecule has 3 nitrogen and oxygen atoms in total. The van der Waals surface area contributed by atoms with E-state index in [1.54, 1.807) is 0 Å². The van der Waals surface area contributed by atoms with Crippen LogP contribution in [-0.4, -0.2) is 29.9 Å². The first kappa shape index (κ1) is 10.9. The number of rotatable bonds is 2. The number of carbonyl (C=O) groups excluding carboxylic acids is 1. The van der Waals surface area contributed by atoms with E-state index in [0.29, 0.717) is 17.9 Å². The molecule has 0 bridgehead atoms. The number of hydrogen-bond donors (Lipinski definition) is 1. The smallest absolute Gasteiger partial charge is 0.222 e. The second-order valence-electron chi connectivity index (χ2n) is 4.89. The lowest BCUT2D eigenvalue weighted by atomic mass is 10.0. The second kappa shape index (κ2) is 4.97. The zero-order chi connectivity index (χ0) is 10.7. The molecule has 3 heteroatoms. The average molecular weight is 210 g/mol. The normalized spacial score (nSPS) is 33.1. The summed E-state index contributed by atoms with van der Waals surface area (Å²) in [6, 6.07) is 0.459. The highest BCUT2D eigenvalue weighted by Gasteiger charge is 2.33. The molecule has 2 atom stereocenters. The second-order valence-corrected chi connectivity index (χ2v) is 4.89. The Hall–Kier alpha value is -0.570. The van der Waals surface area contributed by atoms with Gasteiger partial charge in [0.25, 0.3) is 0 Å². The highest BCUT2D eigenvalue weighted by Crippen LogP contribution is 2.31. The van der Waals surface area contributed by atoms with E-state index in [-0.39, 0.29) is 0 Å². The van der Waals surface area contributed by atoms with Crippen LogP contribution in [0.3, 0.4) is 0 Å². The van der Waals surface area contributed by atoms with Gasteiger partial charge in [0.1, 0.15) is 0 Å². The molecule has 0 aromatic carbocycles. The van der Waals surface area contributed by atoms with Crippen LogP contribution in [0.2, 0.25) is 0 Å². The molecule has 1 heterocycles. The third-order valence-corrected chi connectivity index (χ3v) is 3.93. The lowest BCUT2D eigenvalue weighted by molar-refractivity contribution is -0.133. The molecule has 2 rings (SSSR count). The maximum absolute atomic E-state index is 11.9. The number of nitrogens with zero attached hydrogens (tertiary/aromatic N) is 1. The van der Waals surface area contributed by atoms with Crippen LogP contribution in [0.1, 0.15) is 44.9 Å². The van der Waals surface area contributed by atoms with Crippen LogP contribution in [0.4, 0.5) is 0 Å². The maximum Gasteiger partial charge on any atom is 0.222 e. The number of hydrogen-bond acceptors (Lipinski definition) is 2. The molecule has 2 N–H and O–H groups in total.